The van der Waals surface area contributed by atoms with Gasteiger partial charge < -0.3 is 10.4 Å². The molecular formula is C18H16Cl2N2O5. The monoisotopic (exact) mass is 410 g/mol. The van der Waals surface area contributed by atoms with Crippen LogP contribution in [0.2, 0.25) is 10.0 Å². The summed E-state index contributed by atoms with van der Waals surface area (Å²) in [5, 5.41) is 23.3. The van der Waals surface area contributed by atoms with Gasteiger partial charge in [-0.1, -0.05) is 41.4 Å². The molecule has 2 aromatic rings. The Balaban J connectivity index is 2.05. The Morgan fingerprint density at radius 1 is 1.15 bits per heavy atom. The summed E-state index contributed by atoms with van der Waals surface area (Å²) < 4.78 is 0. The number of amides is 1. The van der Waals surface area contributed by atoms with Gasteiger partial charge in [0, 0.05) is 28.2 Å². The number of hydrogen-bond donors (Lipinski definition) is 2. The topological polar surface area (TPSA) is 110 Å². The number of benzene rings is 2. The Labute approximate surface area is 165 Å². The average molecular weight is 411 g/mol. The van der Waals surface area contributed by atoms with Crippen molar-refractivity contribution in [1.82, 2.24) is 5.32 Å². The molecule has 0 aliphatic heterocycles. The molecule has 0 radical (unpaired) electrons. The van der Waals surface area contributed by atoms with E-state index in [1.54, 1.807) is 12.1 Å². The van der Waals surface area contributed by atoms with Crippen molar-refractivity contribution >= 4 is 40.8 Å². The van der Waals surface area contributed by atoms with E-state index in [0.29, 0.717) is 21.2 Å². The van der Waals surface area contributed by atoms with Gasteiger partial charge in [-0.2, -0.15) is 0 Å². The molecule has 0 saturated heterocycles. The molecule has 0 aliphatic carbocycles. The number of carboxylic acid groups (broad SMARTS) is 1. The summed E-state index contributed by atoms with van der Waals surface area (Å²) in [6.45, 7) is 0. The van der Waals surface area contributed by atoms with E-state index in [-0.39, 0.29) is 30.9 Å². The van der Waals surface area contributed by atoms with Gasteiger partial charge in [0.25, 0.3) is 5.69 Å². The summed E-state index contributed by atoms with van der Waals surface area (Å²) in [4.78, 5) is 33.6. The number of carbonyl (C=O) groups excluding carboxylic acids is 1. The van der Waals surface area contributed by atoms with Crippen LogP contribution in [0.1, 0.15) is 17.5 Å². The van der Waals surface area contributed by atoms with E-state index in [1.807, 2.05) is 0 Å². The van der Waals surface area contributed by atoms with Gasteiger partial charge in [-0.25, -0.2) is 0 Å². The number of carboxylic acids is 1. The Kier molecular flexibility index (Phi) is 7.15. The zero-order valence-corrected chi connectivity index (χ0v) is 15.5. The van der Waals surface area contributed by atoms with Gasteiger partial charge in [0.15, 0.2) is 0 Å². The number of nitro benzene ring substituents is 1. The molecule has 27 heavy (non-hydrogen) atoms. The number of halogens is 2. The Hall–Kier alpha value is -2.64. The number of nitrogens with one attached hydrogen (secondary N) is 1. The van der Waals surface area contributed by atoms with Crippen LogP contribution in [-0.4, -0.2) is 27.9 Å². The highest BCUT2D eigenvalue weighted by atomic mass is 35.5. The maximum absolute atomic E-state index is 12.3. The number of non-ortho nitro benzene ring substituents is 1. The quantitative estimate of drug-likeness (QED) is 0.509. The van der Waals surface area contributed by atoms with E-state index >= 15 is 0 Å². The molecule has 0 aliphatic rings. The first-order chi connectivity index (χ1) is 12.7. The molecule has 0 fully saturated rings. The van der Waals surface area contributed by atoms with Gasteiger partial charge in [0.1, 0.15) is 0 Å². The van der Waals surface area contributed by atoms with Crippen LogP contribution in [0.25, 0.3) is 0 Å². The van der Waals surface area contributed by atoms with Crippen molar-refractivity contribution in [2.24, 2.45) is 0 Å². The molecule has 1 atom stereocenters. The fourth-order valence-corrected chi connectivity index (χ4v) is 3.02. The molecule has 2 rings (SSSR count). The minimum atomic E-state index is -1.06. The van der Waals surface area contributed by atoms with E-state index in [2.05, 4.69) is 5.32 Å². The lowest BCUT2D eigenvalue weighted by molar-refractivity contribution is -0.384. The minimum absolute atomic E-state index is 0.0214. The average Bonchev–Trinajstić information content (AvgIpc) is 2.57. The predicted octanol–water partition coefficient (Wildman–Crippen LogP) is 3.65. The van der Waals surface area contributed by atoms with Crippen LogP contribution in [0.15, 0.2) is 42.5 Å². The lowest BCUT2D eigenvalue weighted by atomic mass is 10.0. The van der Waals surface area contributed by atoms with Crippen molar-refractivity contribution in [2.75, 3.05) is 0 Å². The predicted molar refractivity (Wildman–Crippen MR) is 101 cm³/mol. The first-order valence-corrected chi connectivity index (χ1v) is 8.68. The molecule has 0 spiro atoms. The summed E-state index contributed by atoms with van der Waals surface area (Å²) in [5.74, 6) is -1.45. The number of carbonyl (C=O) groups is 2. The maximum atomic E-state index is 12.3. The number of nitro groups is 1. The number of rotatable bonds is 8. The molecule has 0 bridgehead atoms. The molecule has 7 nitrogen and oxygen atoms in total. The second kappa shape index (κ2) is 9.34. The fourth-order valence-electron chi connectivity index (χ4n) is 2.54. The highest BCUT2D eigenvalue weighted by Gasteiger charge is 2.18. The SMILES string of the molecule is O=C(O)CC(Cc1ccc([N+](=O)[O-])cc1)NC(=O)Cc1ccc(Cl)cc1Cl. The second-order valence-electron chi connectivity index (χ2n) is 5.90. The minimum Gasteiger partial charge on any atom is -0.481 e. The van der Waals surface area contributed by atoms with Gasteiger partial charge in [-0.05, 0) is 29.7 Å². The molecule has 142 valence electrons. The maximum Gasteiger partial charge on any atom is 0.305 e. The van der Waals surface area contributed by atoms with Crippen LogP contribution in [0.3, 0.4) is 0 Å². The third-order valence-corrected chi connectivity index (χ3v) is 4.37. The lowest BCUT2D eigenvalue weighted by Gasteiger charge is -2.17. The summed E-state index contributed by atoms with van der Waals surface area (Å²) in [7, 11) is 0. The first kappa shape index (κ1) is 20.7. The van der Waals surface area contributed by atoms with Crippen molar-refractivity contribution < 1.29 is 19.6 Å². The molecule has 2 aromatic carbocycles. The van der Waals surface area contributed by atoms with Crippen LogP contribution < -0.4 is 5.32 Å². The van der Waals surface area contributed by atoms with Crippen molar-refractivity contribution in [3.05, 3.63) is 73.8 Å². The second-order valence-corrected chi connectivity index (χ2v) is 6.75. The summed E-state index contributed by atoms with van der Waals surface area (Å²) >= 11 is 11.9. The van der Waals surface area contributed by atoms with E-state index in [9.17, 15) is 19.7 Å². The Morgan fingerprint density at radius 2 is 1.81 bits per heavy atom. The largest absolute Gasteiger partial charge is 0.481 e. The molecule has 0 aromatic heterocycles. The lowest BCUT2D eigenvalue weighted by Crippen LogP contribution is -2.39. The van der Waals surface area contributed by atoms with Gasteiger partial charge in [0.05, 0.1) is 17.8 Å². The zero-order valence-electron chi connectivity index (χ0n) is 14.0. The third-order valence-electron chi connectivity index (χ3n) is 3.78. The standard InChI is InChI=1S/C18H16Cl2N2O5/c19-13-4-3-12(16(20)9-13)8-17(23)21-14(10-18(24)25)7-11-1-5-15(6-2-11)22(26)27/h1-6,9,14H,7-8,10H2,(H,21,23)(H,24,25). The molecular weight excluding hydrogens is 395 g/mol. The van der Waals surface area contributed by atoms with Crippen LogP contribution in [0.5, 0.6) is 0 Å². The van der Waals surface area contributed by atoms with Crippen molar-refractivity contribution in [3.63, 3.8) is 0 Å². The van der Waals surface area contributed by atoms with Crippen LogP contribution in [0, 0.1) is 10.1 Å². The van der Waals surface area contributed by atoms with Gasteiger partial charge >= 0.3 is 5.97 Å². The van der Waals surface area contributed by atoms with Crippen LogP contribution >= 0.6 is 23.2 Å². The summed E-state index contributed by atoms with van der Waals surface area (Å²) in [6, 6.07) is 9.85. The smallest absolute Gasteiger partial charge is 0.305 e. The van der Waals surface area contributed by atoms with E-state index < -0.39 is 16.9 Å². The van der Waals surface area contributed by atoms with E-state index in [0.717, 1.165) is 0 Å². The molecule has 9 heteroatoms. The normalized spacial score (nSPS) is 11.6. The number of aliphatic carboxylic acids is 1. The molecule has 1 unspecified atom stereocenters. The van der Waals surface area contributed by atoms with Gasteiger partial charge in [-0.15, -0.1) is 0 Å². The molecule has 0 saturated carbocycles. The first-order valence-electron chi connectivity index (χ1n) is 7.93. The highest BCUT2D eigenvalue weighted by Crippen LogP contribution is 2.21. The molecule has 1 amide bonds. The third kappa shape index (κ3) is 6.54. The Bertz CT molecular complexity index is 855. The highest BCUT2D eigenvalue weighted by molar-refractivity contribution is 6.35. The van der Waals surface area contributed by atoms with E-state index in [4.69, 9.17) is 28.3 Å². The van der Waals surface area contributed by atoms with Crippen LogP contribution in [-0.2, 0) is 22.4 Å². The van der Waals surface area contributed by atoms with E-state index in [1.165, 1.54) is 30.3 Å². The Morgan fingerprint density at radius 3 is 2.37 bits per heavy atom. The van der Waals surface area contributed by atoms with Crippen molar-refractivity contribution in [3.8, 4) is 0 Å². The fraction of sp³-hybridized carbons (Fsp3) is 0.222. The van der Waals surface area contributed by atoms with Crippen molar-refractivity contribution in [2.45, 2.75) is 25.3 Å². The summed E-state index contributed by atoms with van der Waals surface area (Å²) in [6.07, 6.45) is -0.0756. The summed E-state index contributed by atoms with van der Waals surface area (Å²) in [5.41, 5.74) is 1.19. The number of nitrogens with zero attached hydrogens (tertiary/aromatic N) is 1. The number of hydrogen-bond acceptors (Lipinski definition) is 4. The van der Waals surface area contributed by atoms with Crippen LogP contribution in [0.4, 0.5) is 5.69 Å². The molecule has 2 N–H and O–H groups in total. The van der Waals surface area contributed by atoms with Gasteiger partial charge in [-0.3, -0.25) is 19.7 Å². The molecule has 0 heterocycles. The van der Waals surface area contributed by atoms with Crippen molar-refractivity contribution in [1.29, 1.82) is 0 Å². The van der Waals surface area contributed by atoms with Gasteiger partial charge in [0.2, 0.25) is 5.91 Å². The zero-order chi connectivity index (χ0) is 20.0.